The maximum Gasteiger partial charge on any atom is 0.367 e. The molecule has 0 fully saturated rings. The molecule has 2 aromatic rings. The van der Waals surface area contributed by atoms with Crippen molar-refractivity contribution in [2.24, 2.45) is 10.9 Å². The Kier molecular flexibility index (Phi) is 4.44. The highest BCUT2D eigenvalue weighted by molar-refractivity contribution is 7.12. The van der Waals surface area contributed by atoms with Gasteiger partial charge in [-0.25, -0.2) is 14.8 Å². The number of amidine groups is 1. The summed E-state index contributed by atoms with van der Waals surface area (Å²) in [7, 11) is 0. The minimum atomic E-state index is -0.935. The van der Waals surface area contributed by atoms with E-state index in [2.05, 4.69) is 15.1 Å². The molecule has 3 rings (SSSR count). The highest BCUT2D eigenvalue weighted by atomic mass is 35.5. The SMILES string of the molecule is CC1(C)Oc2ncc(C(=O)O/N=C(/N)c3nc(Cl)cs3)cc2CC1=O. The van der Waals surface area contributed by atoms with E-state index in [1.807, 2.05) is 0 Å². The molecular weight excluding hydrogens is 368 g/mol. The van der Waals surface area contributed by atoms with Crippen molar-refractivity contribution in [2.75, 3.05) is 0 Å². The van der Waals surface area contributed by atoms with E-state index in [1.165, 1.54) is 23.6 Å². The third-order valence-corrected chi connectivity index (χ3v) is 4.65. The number of aromatic nitrogens is 2. The molecule has 0 bridgehead atoms. The largest absolute Gasteiger partial charge is 0.463 e. The van der Waals surface area contributed by atoms with Crippen molar-refractivity contribution < 1.29 is 19.2 Å². The lowest BCUT2D eigenvalue weighted by molar-refractivity contribution is -0.133. The average Bonchev–Trinajstić information content (AvgIpc) is 2.99. The van der Waals surface area contributed by atoms with Gasteiger partial charge in [0.25, 0.3) is 0 Å². The molecule has 0 spiro atoms. The fourth-order valence-corrected chi connectivity index (χ4v) is 2.91. The number of hydrogen-bond acceptors (Lipinski definition) is 8. The van der Waals surface area contributed by atoms with E-state index in [0.717, 1.165) is 0 Å². The third kappa shape index (κ3) is 3.62. The number of pyridine rings is 1. The topological polar surface area (TPSA) is 117 Å². The predicted octanol–water partition coefficient (Wildman–Crippen LogP) is 1.95. The van der Waals surface area contributed by atoms with Gasteiger partial charge >= 0.3 is 5.97 Å². The summed E-state index contributed by atoms with van der Waals surface area (Å²) >= 11 is 6.86. The second-order valence-electron chi connectivity index (χ2n) is 5.73. The van der Waals surface area contributed by atoms with Crippen LogP contribution in [-0.4, -0.2) is 33.2 Å². The summed E-state index contributed by atoms with van der Waals surface area (Å²) in [5.74, 6) is -0.619. The van der Waals surface area contributed by atoms with Gasteiger partial charge in [-0.1, -0.05) is 16.8 Å². The molecule has 10 heteroatoms. The molecule has 0 aromatic carbocycles. The summed E-state index contributed by atoms with van der Waals surface area (Å²) in [6.07, 6.45) is 1.42. The Balaban J connectivity index is 1.75. The molecule has 0 aliphatic carbocycles. The van der Waals surface area contributed by atoms with Crippen LogP contribution >= 0.6 is 22.9 Å². The maximum absolute atomic E-state index is 12.1. The molecule has 0 radical (unpaired) electrons. The van der Waals surface area contributed by atoms with Crippen LogP contribution in [0.25, 0.3) is 0 Å². The van der Waals surface area contributed by atoms with Gasteiger partial charge in [0.1, 0.15) is 5.15 Å². The van der Waals surface area contributed by atoms with Crippen molar-refractivity contribution in [1.29, 1.82) is 0 Å². The Labute approximate surface area is 151 Å². The summed E-state index contributed by atoms with van der Waals surface area (Å²) in [4.78, 5) is 36.9. The van der Waals surface area contributed by atoms with E-state index in [1.54, 1.807) is 19.2 Å². The highest BCUT2D eigenvalue weighted by Crippen LogP contribution is 2.29. The number of carbonyl (C=O) groups excluding carboxylic acids is 2. The molecule has 0 saturated carbocycles. The van der Waals surface area contributed by atoms with Gasteiger partial charge in [-0.2, -0.15) is 0 Å². The van der Waals surface area contributed by atoms with Gasteiger partial charge in [0.05, 0.1) is 5.56 Å². The van der Waals surface area contributed by atoms with Crippen molar-refractivity contribution in [1.82, 2.24) is 9.97 Å². The molecule has 1 aliphatic heterocycles. The number of thiazole rings is 1. The van der Waals surface area contributed by atoms with E-state index in [0.29, 0.717) is 16.5 Å². The molecule has 0 atom stereocenters. The minimum Gasteiger partial charge on any atom is -0.463 e. The molecule has 8 nitrogen and oxygen atoms in total. The van der Waals surface area contributed by atoms with Crippen LogP contribution in [0.2, 0.25) is 5.15 Å². The van der Waals surface area contributed by atoms with E-state index in [-0.39, 0.29) is 28.8 Å². The lowest BCUT2D eigenvalue weighted by Gasteiger charge is -2.29. The number of hydrogen-bond donors (Lipinski definition) is 1. The van der Waals surface area contributed by atoms with Crippen LogP contribution < -0.4 is 10.5 Å². The summed E-state index contributed by atoms with van der Waals surface area (Å²) in [6, 6.07) is 1.49. The normalized spacial score (nSPS) is 16.1. The molecule has 0 saturated heterocycles. The first-order valence-electron chi connectivity index (χ1n) is 7.14. The number of rotatable bonds is 3. The Morgan fingerprint density at radius 3 is 2.96 bits per heavy atom. The number of oxime groups is 1. The van der Waals surface area contributed by atoms with Crippen molar-refractivity contribution in [3.63, 3.8) is 0 Å². The fraction of sp³-hybridized carbons (Fsp3) is 0.267. The van der Waals surface area contributed by atoms with Crippen LogP contribution in [0.4, 0.5) is 0 Å². The first-order chi connectivity index (χ1) is 11.8. The van der Waals surface area contributed by atoms with Crippen molar-refractivity contribution >= 4 is 40.5 Å². The smallest absolute Gasteiger partial charge is 0.367 e. The van der Waals surface area contributed by atoms with Crippen LogP contribution in [0.5, 0.6) is 5.88 Å². The van der Waals surface area contributed by atoms with Crippen molar-refractivity contribution in [2.45, 2.75) is 25.9 Å². The summed E-state index contributed by atoms with van der Waals surface area (Å²) in [5.41, 5.74) is 5.39. The van der Waals surface area contributed by atoms with Gasteiger partial charge in [0, 0.05) is 23.6 Å². The fourth-order valence-electron chi connectivity index (χ4n) is 2.07. The zero-order valence-corrected chi connectivity index (χ0v) is 14.8. The van der Waals surface area contributed by atoms with Gasteiger partial charge in [0.2, 0.25) is 5.88 Å². The first-order valence-corrected chi connectivity index (χ1v) is 8.39. The minimum absolute atomic E-state index is 0.0728. The monoisotopic (exact) mass is 380 g/mol. The van der Waals surface area contributed by atoms with E-state index < -0.39 is 11.6 Å². The molecular formula is C15H13ClN4O4S. The Morgan fingerprint density at radius 2 is 2.28 bits per heavy atom. The second kappa shape index (κ2) is 6.41. The summed E-state index contributed by atoms with van der Waals surface area (Å²) < 4.78 is 5.54. The molecule has 1 aliphatic rings. The Morgan fingerprint density at radius 1 is 1.52 bits per heavy atom. The zero-order chi connectivity index (χ0) is 18.2. The van der Waals surface area contributed by atoms with E-state index in [9.17, 15) is 9.59 Å². The van der Waals surface area contributed by atoms with Gasteiger partial charge in [-0.05, 0) is 19.9 Å². The molecule has 2 N–H and O–H groups in total. The van der Waals surface area contributed by atoms with Crippen LogP contribution in [-0.2, 0) is 16.1 Å². The number of nitrogens with zero attached hydrogens (tertiary/aromatic N) is 3. The lowest BCUT2D eigenvalue weighted by atomic mass is 9.94. The molecule has 3 heterocycles. The van der Waals surface area contributed by atoms with Gasteiger partial charge in [-0.15, -0.1) is 11.3 Å². The van der Waals surface area contributed by atoms with Gasteiger partial charge < -0.3 is 15.3 Å². The quantitative estimate of drug-likeness (QED) is 0.374. The highest BCUT2D eigenvalue weighted by Gasteiger charge is 2.36. The number of fused-ring (bicyclic) bond motifs is 1. The maximum atomic E-state index is 12.1. The van der Waals surface area contributed by atoms with Crippen LogP contribution in [0.3, 0.4) is 0 Å². The number of nitrogens with two attached hydrogens (primary N) is 1. The van der Waals surface area contributed by atoms with E-state index >= 15 is 0 Å². The van der Waals surface area contributed by atoms with Crippen molar-refractivity contribution in [3.8, 4) is 5.88 Å². The van der Waals surface area contributed by atoms with Crippen LogP contribution in [0.1, 0.15) is 34.8 Å². The molecule has 130 valence electrons. The summed E-state index contributed by atoms with van der Waals surface area (Å²) in [6.45, 7) is 3.34. The zero-order valence-electron chi connectivity index (χ0n) is 13.3. The number of Topliss-reactive ketones (excluding diaryl/α,β-unsaturated/α-hetero) is 1. The summed E-state index contributed by atoms with van der Waals surface area (Å²) in [5, 5.41) is 5.73. The number of ether oxygens (including phenoxy) is 1. The first kappa shape index (κ1) is 17.3. The van der Waals surface area contributed by atoms with Crippen LogP contribution in [0.15, 0.2) is 22.8 Å². The molecule has 0 unspecified atom stereocenters. The van der Waals surface area contributed by atoms with E-state index in [4.69, 9.17) is 26.9 Å². The van der Waals surface area contributed by atoms with Crippen molar-refractivity contribution in [3.05, 3.63) is 38.9 Å². The van der Waals surface area contributed by atoms with Gasteiger partial charge in [-0.3, -0.25) is 4.79 Å². The molecule has 25 heavy (non-hydrogen) atoms. The average molecular weight is 381 g/mol. The second-order valence-corrected chi connectivity index (χ2v) is 6.98. The number of ketones is 1. The van der Waals surface area contributed by atoms with Gasteiger partial charge in [0.15, 0.2) is 22.2 Å². The Bertz CT molecular complexity index is 893. The Hall–Kier alpha value is -2.52. The van der Waals surface area contributed by atoms with Crippen LogP contribution in [0, 0.1) is 0 Å². The predicted molar refractivity (Wildman–Crippen MR) is 90.9 cm³/mol. The third-order valence-electron chi connectivity index (χ3n) is 3.46. The molecule has 0 amide bonds. The molecule has 2 aromatic heterocycles. The lowest BCUT2D eigenvalue weighted by Crippen LogP contribution is -2.43. The number of halogens is 1. The number of carbonyl (C=O) groups is 2. The standard InChI is InChI=1S/C15H13ClN4O4S/c1-15(2)9(21)4-7-3-8(5-18-12(7)23-15)14(22)24-20-11(17)13-19-10(16)6-25-13/h3,5-6H,4H2,1-2H3,(H2,17,20).